The van der Waals surface area contributed by atoms with Gasteiger partial charge in [-0.3, -0.25) is 0 Å². The van der Waals surface area contributed by atoms with Crippen molar-refractivity contribution >= 4 is 121 Å². The Morgan fingerprint density at radius 3 is 0.889 bits per heavy atom. The van der Waals surface area contributed by atoms with Crippen LogP contribution in [0.1, 0.15) is 0 Å². The van der Waals surface area contributed by atoms with Crippen molar-refractivity contribution in [2.45, 2.75) is 0 Å². The second-order valence-electron chi connectivity index (χ2n) is 0.447. The summed E-state index contributed by atoms with van der Waals surface area (Å²) in [6, 6.07) is 0. The van der Waals surface area contributed by atoms with Gasteiger partial charge in [-0.2, -0.15) is 7.82 Å². The third-order valence-corrected chi connectivity index (χ3v) is 0. The minimum Gasteiger partial charge on any atom is -1.00 e. The van der Waals surface area contributed by atoms with Crippen molar-refractivity contribution < 1.29 is 23.9 Å². The quantitative estimate of drug-likeness (QED) is 0.308. The molecule has 0 N–H and O–H groups in total. The van der Waals surface area contributed by atoms with E-state index in [4.69, 9.17) is 19.2 Å². The van der Waals surface area contributed by atoms with E-state index in [9.17, 15) is 0 Å². The van der Waals surface area contributed by atoms with E-state index in [1.165, 1.54) is 0 Å². The minimum atomic E-state index is -5.39. The van der Waals surface area contributed by atoms with Gasteiger partial charge in [0.05, 0.1) is 0 Å². The van der Waals surface area contributed by atoms with Crippen LogP contribution in [-0.2, 0) is 4.57 Å². The number of halogens is 1. The summed E-state index contributed by atoms with van der Waals surface area (Å²) < 4.78 is 8.55. The van der Waals surface area contributed by atoms with E-state index in [0.29, 0.717) is 0 Å². The number of phosphoric acid groups is 1. The van der Waals surface area contributed by atoms with Crippen LogP contribution in [0, 0.1) is 0 Å². The van der Waals surface area contributed by atoms with Gasteiger partial charge in [-0.25, -0.2) is 0 Å². The summed E-state index contributed by atoms with van der Waals surface area (Å²) >= 11 is 0. The second-order valence-corrected chi connectivity index (χ2v) is 1.34. The number of rotatable bonds is 0. The van der Waals surface area contributed by atoms with Crippen molar-refractivity contribution in [2.24, 2.45) is 0 Å². The van der Waals surface area contributed by atoms with Crippen LogP contribution < -0.4 is 19.4 Å². The first-order valence-electron chi connectivity index (χ1n) is 0.730. The maximum Gasteiger partial charge on any atom is 2.00 e. The SMILES string of the molecule is O=P([O-])([O-])[O-].[Ca+2].[Ca+2].[Ca+2].[F-]. The smallest absolute Gasteiger partial charge is 1.00 e. The van der Waals surface area contributed by atoms with Crippen molar-refractivity contribution in [3.63, 3.8) is 0 Å². The molecule has 0 bridgehead atoms. The molecule has 9 heavy (non-hydrogen) atoms. The average Bonchev–Trinajstić information content (AvgIpc) is 0.722. The molecule has 0 aromatic rings. The van der Waals surface area contributed by atoms with E-state index in [1.54, 1.807) is 0 Å². The molecule has 0 unspecified atom stereocenters. The fraction of sp³-hybridized carbons (Fsp3) is 0. The monoisotopic (exact) mass is 234 g/mol. The molecular weight excluding hydrogens is 234 g/mol. The average molecular weight is 234 g/mol. The minimum absolute atomic E-state index is 0. The standard InChI is InChI=1S/3Ca.FH.H3O4P/c;;;;1-5(2,3)4/h;;;1H;(H3,1,2,3,4)/q3*+2;;/p-4. The zero-order chi connectivity index (χ0) is 4.50. The van der Waals surface area contributed by atoms with Gasteiger partial charge in [-0.1, -0.05) is 0 Å². The summed E-state index contributed by atoms with van der Waals surface area (Å²) in [5, 5.41) is 0. The molecule has 4 nitrogen and oxygen atoms in total. The number of hydrogen-bond acceptors (Lipinski definition) is 4. The Bertz CT molecular complexity index is 61.9. The largest absolute Gasteiger partial charge is 2.00 e. The molecule has 0 fully saturated rings. The summed E-state index contributed by atoms with van der Waals surface area (Å²) in [5.41, 5.74) is 0. The second kappa shape index (κ2) is 14.3. The fourth-order valence-corrected chi connectivity index (χ4v) is 0. The molecular formula is Ca3FO4P+2. The first-order chi connectivity index (χ1) is 2.00. The molecule has 0 aliphatic heterocycles. The summed E-state index contributed by atoms with van der Waals surface area (Å²) in [5.74, 6) is 0. The molecule has 0 aliphatic rings. The third-order valence-electron chi connectivity index (χ3n) is 0. The normalized spacial score (nSPS) is 6.56. The zero-order valence-electron chi connectivity index (χ0n) is 4.58. The van der Waals surface area contributed by atoms with Crippen molar-refractivity contribution in [1.29, 1.82) is 0 Å². The van der Waals surface area contributed by atoms with Crippen LogP contribution in [-0.4, -0.2) is 113 Å². The Morgan fingerprint density at radius 1 is 0.889 bits per heavy atom. The van der Waals surface area contributed by atoms with Gasteiger partial charge in [-0.05, 0) is 0 Å². The summed E-state index contributed by atoms with van der Waals surface area (Å²) in [4.78, 5) is 25.6. The van der Waals surface area contributed by atoms with Crippen LogP contribution in [0.25, 0.3) is 0 Å². The first-order valence-corrected chi connectivity index (χ1v) is 2.19. The van der Waals surface area contributed by atoms with Crippen molar-refractivity contribution in [3.05, 3.63) is 0 Å². The Hall–Kier alpha value is 3.82. The van der Waals surface area contributed by atoms with Gasteiger partial charge in [0, 0.05) is 0 Å². The van der Waals surface area contributed by atoms with E-state index in [1.807, 2.05) is 0 Å². The molecule has 0 spiro atoms. The first kappa shape index (κ1) is 29.3. The van der Waals surface area contributed by atoms with Crippen LogP contribution in [0.5, 0.6) is 0 Å². The Labute approximate surface area is 141 Å². The van der Waals surface area contributed by atoms with Gasteiger partial charge < -0.3 is 23.9 Å². The molecule has 0 aromatic heterocycles. The topological polar surface area (TPSA) is 86.2 Å². The van der Waals surface area contributed by atoms with E-state index in [0.717, 1.165) is 0 Å². The van der Waals surface area contributed by atoms with Gasteiger partial charge in [0.1, 0.15) is 0 Å². The van der Waals surface area contributed by atoms with Crippen molar-refractivity contribution in [1.82, 2.24) is 0 Å². The van der Waals surface area contributed by atoms with Crippen molar-refractivity contribution in [3.8, 4) is 0 Å². The van der Waals surface area contributed by atoms with E-state index in [-0.39, 0.29) is 118 Å². The number of hydrogen-bond donors (Lipinski definition) is 0. The van der Waals surface area contributed by atoms with E-state index >= 15 is 0 Å². The Balaban J connectivity index is -0.0000000133. The van der Waals surface area contributed by atoms with Gasteiger partial charge >= 0.3 is 113 Å². The van der Waals surface area contributed by atoms with Gasteiger partial charge in [0.25, 0.3) is 0 Å². The van der Waals surface area contributed by atoms with E-state index in [2.05, 4.69) is 0 Å². The summed E-state index contributed by atoms with van der Waals surface area (Å²) in [7, 11) is -5.39. The maximum atomic E-state index is 8.55. The molecule has 0 radical (unpaired) electrons. The van der Waals surface area contributed by atoms with Gasteiger partial charge in [0.15, 0.2) is 0 Å². The molecule has 9 heteroatoms. The molecule has 0 aromatic carbocycles. The summed E-state index contributed by atoms with van der Waals surface area (Å²) in [6.45, 7) is 0. The van der Waals surface area contributed by atoms with Gasteiger partial charge in [0.2, 0.25) is 0 Å². The predicted molar refractivity (Wildman–Crippen MR) is 24.9 cm³/mol. The van der Waals surface area contributed by atoms with E-state index < -0.39 is 7.82 Å². The molecule has 0 saturated heterocycles. The van der Waals surface area contributed by atoms with Gasteiger partial charge in [-0.15, -0.1) is 0 Å². The molecule has 0 atom stereocenters. The maximum absolute atomic E-state index is 8.55. The Kier molecular flexibility index (Phi) is 46.7. The molecule has 40 valence electrons. The molecule has 0 rings (SSSR count). The zero-order valence-corrected chi connectivity index (χ0v) is 12.1. The predicted octanol–water partition coefficient (Wildman–Crippen LogP) is -6.96. The molecule has 0 aliphatic carbocycles. The van der Waals surface area contributed by atoms with Crippen molar-refractivity contribution in [2.75, 3.05) is 0 Å². The molecule has 0 saturated carbocycles. The van der Waals surface area contributed by atoms with Crippen LogP contribution >= 0.6 is 7.82 Å². The molecule has 0 heterocycles. The Morgan fingerprint density at radius 2 is 0.889 bits per heavy atom. The molecule has 0 amide bonds. The summed E-state index contributed by atoms with van der Waals surface area (Å²) in [6.07, 6.45) is 0. The van der Waals surface area contributed by atoms with Crippen LogP contribution in [0.2, 0.25) is 0 Å². The van der Waals surface area contributed by atoms with Crippen LogP contribution in [0.3, 0.4) is 0 Å². The fourth-order valence-electron chi connectivity index (χ4n) is 0. The van der Waals surface area contributed by atoms with Crippen LogP contribution in [0.4, 0.5) is 0 Å². The third kappa shape index (κ3) is 78.1. The van der Waals surface area contributed by atoms with Crippen LogP contribution in [0.15, 0.2) is 0 Å².